The first kappa shape index (κ1) is 32.6. The molecular formula is C56H32O2S. The van der Waals surface area contributed by atoms with Crippen LogP contribution in [-0.4, -0.2) is 0 Å². The van der Waals surface area contributed by atoms with Crippen LogP contribution in [0.3, 0.4) is 0 Å². The summed E-state index contributed by atoms with van der Waals surface area (Å²) in [4.78, 5) is 1.26. The van der Waals surface area contributed by atoms with E-state index in [0.29, 0.717) is 0 Å². The van der Waals surface area contributed by atoms with Crippen molar-refractivity contribution in [1.29, 1.82) is 0 Å². The molecule has 0 saturated carbocycles. The Morgan fingerprint density at radius 1 is 0.305 bits per heavy atom. The lowest BCUT2D eigenvalue weighted by molar-refractivity contribution is 0.669. The lowest BCUT2D eigenvalue weighted by Gasteiger charge is -2.17. The molecule has 0 radical (unpaired) electrons. The molecule has 0 spiro atoms. The van der Waals surface area contributed by atoms with E-state index in [1.165, 1.54) is 75.1 Å². The van der Waals surface area contributed by atoms with Gasteiger partial charge in [-0.25, -0.2) is 0 Å². The molecule has 59 heavy (non-hydrogen) atoms. The monoisotopic (exact) mass is 768 g/mol. The number of rotatable bonds is 4. The minimum atomic E-state index is 0.889. The maximum atomic E-state index is 6.90. The topological polar surface area (TPSA) is 26.3 Å². The van der Waals surface area contributed by atoms with E-state index in [9.17, 15) is 0 Å². The third-order valence-electron chi connectivity index (χ3n) is 12.2. The second-order valence-corrected chi connectivity index (χ2v) is 16.6. The van der Waals surface area contributed by atoms with E-state index in [0.717, 1.165) is 55.0 Å². The summed E-state index contributed by atoms with van der Waals surface area (Å²) >= 11 is 1.83. The van der Waals surface area contributed by atoms with Crippen molar-refractivity contribution in [1.82, 2.24) is 0 Å². The fourth-order valence-electron chi connectivity index (χ4n) is 9.61. The molecule has 0 fully saturated rings. The van der Waals surface area contributed by atoms with E-state index >= 15 is 0 Å². The van der Waals surface area contributed by atoms with Crippen LogP contribution in [0, 0.1) is 0 Å². The van der Waals surface area contributed by atoms with Gasteiger partial charge >= 0.3 is 0 Å². The van der Waals surface area contributed by atoms with E-state index in [1.54, 1.807) is 0 Å². The summed E-state index contributed by atoms with van der Waals surface area (Å²) in [5.41, 5.74) is 12.0. The van der Waals surface area contributed by atoms with Gasteiger partial charge in [0.1, 0.15) is 22.3 Å². The van der Waals surface area contributed by atoms with Crippen molar-refractivity contribution < 1.29 is 8.83 Å². The van der Waals surface area contributed by atoms with Crippen LogP contribution in [-0.2, 0) is 0 Å². The second-order valence-electron chi connectivity index (χ2n) is 15.5. The van der Waals surface area contributed by atoms with E-state index in [2.05, 4.69) is 194 Å². The molecule has 3 heteroatoms. The summed E-state index contributed by atoms with van der Waals surface area (Å²) in [6.07, 6.45) is 0. The molecule has 0 aliphatic heterocycles. The number of fused-ring (bicyclic) bond motifs is 11. The predicted molar refractivity (Wildman–Crippen MR) is 251 cm³/mol. The number of hydrogen-bond acceptors (Lipinski definition) is 3. The summed E-state index contributed by atoms with van der Waals surface area (Å²) < 4.78 is 14.7. The maximum Gasteiger partial charge on any atom is 0.144 e. The van der Waals surface area contributed by atoms with Gasteiger partial charge in [-0.1, -0.05) is 146 Å². The van der Waals surface area contributed by atoms with Crippen LogP contribution < -0.4 is 0 Å². The largest absolute Gasteiger partial charge is 0.456 e. The van der Waals surface area contributed by atoms with Gasteiger partial charge in [0.15, 0.2) is 0 Å². The van der Waals surface area contributed by atoms with Gasteiger partial charge in [0.25, 0.3) is 0 Å². The number of hydrogen-bond donors (Lipinski definition) is 0. The van der Waals surface area contributed by atoms with Gasteiger partial charge < -0.3 is 8.83 Å². The average Bonchev–Trinajstić information content (AvgIpc) is 3.98. The Morgan fingerprint density at radius 3 is 1.54 bits per heavy atom. The van der Waals surface area contributed by atoms with E-state index in [-0.39, 0.29) is 0 Å². The van der Waals surface area contributed by atoms with Crippen LogP contribution in [0.15, 0.2) is 203 Å². The molecule has 0 aliphatic rings. The second kappa shape index (κ2) is 12.5. The van der Waals surface area contributed by atoms with Crippen LogP contribution in [0.2, 0.25) is 0 Å². The minimum Gasteiger partial charge on any atom is -0.456 e. The SMILES string of the molecule is c1ccc(-c2sc3ccc4c5cc(-c6c7ccccc7c(-c7ccc8c(c7)oc7cc9ccccc9cc78)c7ccccc67)ccc5oc4c3c2-c2ccccc2)cc1. The molecule has 274 valence electrons. The van der Waals surface area contributed by atoms with Crippen LogP contribution in [0.1, 0.15) is 0 Å². The van der Waals surface area contributed by atoms with Gasteiger partial charge in [-0.15, -0.1) is 11.3 Å². The highest BCUT2D eigenvalue weighted by Gasteiger charge is 2.23. The van der Waals surface area contributed by atoms with Crippen molar-refractivity contribution in [3.05, 3.63) is 194 Å². The zero-order valence-corrected chi connectivity index (χ0v) is 32.5. The quantitative estimate of drug-likeness (QED) is 0.167. The Balaban J connectivity index is 1.03. The summed E-state index contributed by atoms with van der Waals surface area (Å²) in [7, 11) is 0. The van der Waals surface area contributed by atoms with Crippen LogP contribution in [0.25, 0.3) is 130 Å². The lowest BCUT2D eigenvalue weighted by atomic mass is 9.85. The van der Waals surface area contributed by atoms with Crippen LogP contribution in [0.5, 0.6) is 0 Å². The highest BCUT2D eigenvalue weighted by molar-refractivity contribution is 7.23. The summed E-state index contributed by atoms with van der Waals surface area (Å²) in [5.74, 6) is 0. The van der Waals surface area contributed by atoms with Crippen molar-refractivity contribution in [3.63, 3.8) is 0 Å². The van der Waals surface area contributed by atoms with Crippen LogP contribution >= 0.6 is 11.3 Å². The molecule has 3 heterocycles. The van der Waals surface area contributed by atoms with Gasteiger partial charge in [0, 0.05) is 42.1 Å². The molecular weight excluding hydrogens is 737 g/mol. The predicted octanol–water partition coefficient (Wildman–Crippen LogP) is 16.8. The first-order valence-electron chi connectivity index (χ1n) is 20.1. The normalized spacial score (nSPS) is 12.1. The smallest absolute Gasteiger partial charge is 0.144 e. The Morgan fingerprint density at radius 2 is 0.847 bits per heavy atom. The van der Waals surface area contributed by atoms with Gasteiger partial charge in [-0.3, -0.25) is 0 Å². The molecule has 0 aliphatic carbocycles. The highest BCUT2D eigenvalue weighted by Crippen LogP contribution is 2.50. The van der Waals surface area contributed by atoms with E-state index in [4.69, 9.17) is 8.83 Å². The van der Waals surface area contributed by atoms with Gasteiger partial charge in [0.05, 0.1) is 0 Å². The zero-order valence-electron chi connectivity index (χ0n) is 31.7. The summed E-state index contributed by atoms with van der Waals surface area (Å²) in [5, 5.41) is 12.9. The van der Waals surface area contributed by atoms with Crippen LogP contribution in [0.4, 0.5) is 0 Å². The van der Waals surface area contributed by atoms with E-state index in [1.807, 2.05) is 11.3 Å². The summed E-state index contributed by atoms with van der Waals surface area (Å²) in [6.45, 7) is 0. The minimum absolute atomic E-state index is 0.889. The van der Waals surface area contributed by atoms with E-state index < -0.39 is 0 Å². The molecule has 13 rings (SSSR count). The molecule has 13 aromatic rings. The van der Waals surface area contributed by atoms with Crippen molar-refractivity contribution in [2.75, 3.05) is 0 Å². The molecule has 0 bridgehead atoms. The maximum absolute atomic E-state index is 6.90. The Kier molecular flexibility index (Phi) is 6.92. The number of benzene rings is 10. The standard InChI is InChI=1S/C56H32O2S/c1-3-13-33(14-4-1)53-54-50(59-56(53)34-15-5-2-6-16-34)28-26-44-46-30-37(24-27-47(46)58-55(44)54)51-40-19-9-11-21-42(40)52(43-22-12-10-20-41(43)51)38-23-25-39-45-29-35-17-7-8-18-36(35)31-49(45)57-48(39)32-38/h1-32H. The molecule has 0 unspecified atom stereocenters. The Labute approximate surface area is 342 Å². The average molecular weight is 769 g/mol. The fraction of sp³-hybridized carbons (Fsp3) is 0. The van der Waals surface area contributed by atoms with Crippen molar-refractivity contribution >= 4 is 97.6 Å². The number of furan rings is 2. The summed E-state index contributed by atoms with van der Waals surface area (Å²) in [6, 6.07) is 70.1. The third kappa shape index (κ3) is 4.86. The fourth-order valence-corrected chi connectivity index (χ4v) is 10.8. The molecule has 0 N–H and O–H groups in total. The van der Waals surface area contributed by atoms with Gasteiger partial charge in [-0.2, -0.15) is 0 Å². The highest BCUT2D eigenvalue weighted by atomic mass is 32.1. The molecule has 0 atom stereocenters. The first-order valence-corrected chi connectivity index (χ1v) is 20.9. The number of thiophene rings is 1. The first-order chi connectivity index (χ1) is 29.2. The van der Waals surface area contributed by atoms with Crippen molar-refractivity contribution in [2.24, 2.45) is 0 Å². The Bertz CT molecular complexity index is 3770. The molecule has 10 aromatic carbocycles. The van der Waals surface area contributed by atoms with Crippen molar-refractivity contribution in [2.45, 2.75) is 0 Å². The third-order valence-corrected chi connectivity index (χ3v) is 13.4. The van der Waals surface area contributed by atoms with Crippen molar-refractivity contribution in [3.8, 4) is 43.8 Å². The van der Waals surface area contributed by atoms with Gasteiger partial charge in [-0.05, 0) is 114 Å². The molecule has 2 nitrogen and oxygen atoms in total. The molecule has 0 amide bonds. The zero-order chi connectivity index (χ0) is 38.6. The molecule has 0 saturated heterocycles. The molecule has 3 aromatic heterocycles. The van der Waals surface area contributed by atoms with Gasteiger partial charge in [0.2, 0.25) is 0 Å². The Hall–Kier alpha value is -7.46. The lowest BCUT2D eigenvalue weighted by Crippen LogP contribution is -1.90.